The van der Waals surface area contributed by atoms with Crippen LogP contribution >= 0.6 is 15.9 Å². The van der Waals surface area contributed by atoms with Crippen molar-refractivity contribution in [3.63, 3.8) is 0 Å². The highest BCUT2D eigenvalue weighted by atomic mass is 79.9. The Morgan fingerprint density at radius 3 is 2.71 bits per heavy atom. The molecule has 0 bridgehead atoms. The second-order valence-electron chi connectivity index (χ2n) is 5.44. The zero-order chi connectivity index (χ0) is 14.7. The molecule has 1 fully saturated rings. The van der Waals surface area contributed by atoms with E-state index < -0.39 is 0 Å². The van der Waals surface area contributed by atoms with E-state index in [0.29, 0.717) is 5.92 Å². The van der Waals surface area contributed by atoms with Crippen LogP contribution in [0.15, 0.2) is 48.5 Å². The molecule has 0 radical (unpaired) electrons. The predicted molar refractivity (Wildman–Crippen MR) is 89.8 cm³/mol. The summed E-state index contributed by atoms with van der Waals surface area (Å²) in [6.45, 7) is 2.01. The number of alkyl halides is 1. The van der Waals surface area contributed by atoms with Crippen LogP contribution < -0.4 is 4.90 Å². The van der Waals surface area contributed by atoms with Crippen LogP contribution in [0, 0.1) is 11.3 Å². The second kappa shape index (κ2) is 6.32. The third kappa shape index (κ3) is 2.96. The summed E-state index contributed by atoms with van der Waals surface area (Å²) in [7, 11) is 0. The van der Waals surface area contributed by atoms with Gasteiger partial charge >= 0.3 is 0 Å². The van der Waals surface area contributed by atoms with Crippen LogP contribution in [0.3, 0.4) is 0 Å². The molecule has 3 rings (SSSR count). The average molecular weight is 341 g/mol. The number of nitriles is 1. The minimum absolute atomic E-state index is 0.564. The van der Waals surface area contributed by atoms with Crippen LogP contribution in [0.1, 0.15) is 29.0 Å². The van der Waals surface area contributed by atoms with E-state index in [0.717, 1.165) is 41.7 Å². The fourth-order valence-corrected chi connectivity index (χ4v) is 3.36. The number of benzene rings is 2. The first-order chi connectivity index (χ1) is 10.3. The molecule has 0 aromatic heterocycles. The molecule has 21 heavy (non-hydrogen) atoms. The first-order valence-corrected chi connectivity index (χ1v) is 8.33. The highest BCUT2D eigenvalue weighted by Crippen LogP contribution is 2.32. The predicted octanol–water partition coefficient (Wildman–Crippen LogP) is 4.45. The van der Waals surface area contributed by atoms with Gasteiger partial charge in [-0.3, -0.25) is 0 Å². The lowest BCUT2D eigenvalue weighted by molar-refractivity contribution is 0.775. The summed E-state index contributed by atoms with van der Waals surface area (Å²) >= 11 is 3.45. The van der Waals surface area contributed by atoms with Crippen molar-refractivity contribution in [2.75, 3.05) is 18.0 Å². The molecule has 0 aliphatic carbocycles. The van der Waals surface area contributed by atoms with Crippen molar-refractivity contribution in [1.29, 1.82) is 5.26 Å². The Labute approximate surface area is 134 Å². The molecular weight excluding hydrogens is 324 g/mol. The molecule has 1 saturated heterocycles. The maximum atomic E-state index is 9.39. The van der Waals surface area contributed by atoms with Crippen LogP contribution in [0.25, 0.3) is 0 Å². The normalized spacial score (nSPS) is 17.7. The SMILES string of the molecule is N#Cc1cc(CBr)ccc1N1CCC(c2ccccc2)C1. The monoisotopic (exact) mass is 340 g/mol. The third-order valence-electron chi connectivity index (χ3n) is 4.14. The van der Waals surface area contributed by atoms with Crippen LogP contribution in [0.2, 0.25) is 0 Å². The van der Waals surface area contributed by atoms with Crippen LogP contribution in [-0.2, 0) is 5.33 Å². The Bertz CT molecular complexity index is 661. The van der Waals surface area contributed by atoms with E-state index in [4.69, 9.17) is 0 Å². The molecule has 106 valence electrons. The molecule has 1 unspecified atom stereocenters. The minimum Gasteiger partial charge on any atom is -0.370 e. The van der Waals surface area contributed by atoms with Crippen LogP contribution in [-0.4, -0.2) is 13.1 Å². The molecule has 2 nitrogen and oxygen atoms in total. The second-order valence-corrected chi connectivity index (χ2v) is 6.00. The van der Waals surface area contributed by atoms with E-state index in [1.165, 1.54) is 5.56 Å². The van der Waals surface area contributed by atoms with Gasteiger partial charge in [-0.1, -0.05) is 52.3 Å². The summed E-state index contributed by atoms with van der Waals surface area (Å²) in [5, 5.41) is 10.2. The van der Waals surface area contributed by atoms with Crippen molar-refractivity contribution >= 4 is 21.6 Å². The Morgan fingerprint density at radius 2 is 2.00 bits per heavy atom. The summed E-state index contributed by atoms with van der Waals surface area (Å²) in [6, 6.07) is 19.2. The number of hydrogen-bond acceptors (Lipinski definition) is 2. The molecule has 1 atom stereocenters. The molecule has 2 aromatic carbocycles. The van der Waals surface area contributed by atoms with Gasteiger partial charge in [-0.15, -0.1) is 0 Å². The van der Waals surface area contributed by atoms with Crippen LogP contribution in [0.5, 0.6) is 0 Å². The fraction of sp³-hybridized carbons (Fsp3) is 0.278. The fourth-order valence-electron chi connectivity index (χ4n) is 3.01. The quantitative estimate of drug-likeness (QED) is 0.772. The number of halogens is 1. The van der Waals surface area contributed by atoms with Gasteiger partial charge in [0.2, 0.25) is 0 Å². The molecule has 1 heterocycles. The lowest BCUT2D eigenvalue weighted by Crippen LogP contribution is -2.20. The number of nitrogens with zero attached hydrogens (tertiary/aromatic N) is 2. The largest absolute Gasteiger partial charge is 0.370 e. The molecule has 1 aliphatic heterocycles. The lowest BCUT2D eigenvalue weighted by Gasteiger charge is -2.20. The van der Waals surface area contributed by atoms with E-state index in [2.05, 4.69) is 69.4 Å². The Morgan fingerprint density at radius 1 is 1.19 bits per heavy atom. The van der Waals surface area contributed by atoms with Gasteiger partial charge in [0, 0.05) is 24.3 Å². The zero-order valence-corrected chi connectivity index (χ0v) is 13.4. The number of hydrogen-bond donors (Lipinski definition) is 0. The Kier molecular flexibility index (Phi) is 4.26. The van der Waals surface area contributed by atoms with Crippen molar-refractivity contribution in [3.8, 4) is 6.07 Å². The summed E-state index contributed by atoms with van der Waals surface area (Å²) in [4.78, 5) is 2.34. The first-order valence-electron chi connectivity index (χ1n) is 7.20. The smallest absolute Gasteiger partial charge is 0.101 e. The first kappa shape index (κ1) is 14.2. The van der Waals surface area contributed by atoms with Crippen LogP contribution in [0.4, 0.5) is 5.69 Å². The van der Waals surface area contributed by atoms with Crippen molar-refractivity contribution in [2.45, 2.75) is 17.7 Å². The van der Waals surface area contributed by atoms with Gasteiger partial charge in [0.1, 0.15) is 6.07 Å². The molecule has 3 heteroatoms. The lowest BCUT2D eigenvalue weighted by atomic mass is 9.99. The minimum atomic E-state index is 0.564. The van der Waals surface area contributed by atoms with E-state index in [1.54, 1.807) is 0 Å². The Balaban J connectivity index is 1.82. The average Bonchev–Trinajstić information content (AvgIpc) is 3.04. The molecule has 0 spiro atoms. The molecule has 0 saturated carbocycles. The molecule has 1 aliphatic rings. The van der Waals surface area contributed by atoms with E-state index in [1.807, 2.05) is 6.07 Å². The number of anilines is 1. The summed E-state index contributed by atoms with van der Waals surface area (Å²) in [5.74, 6) is 0.564. The molecule has 2 aromatic rings. The topological polar surface area (TPSA) is 27.0 Å². The van der Waals surface area contributed by atoms with E-state index in [9.17, 15) is 5.26 Å². The van der Waals surface area contributed by atoms with Crippen molar-refractivity contribution in [1.82, 2.24) is 0 Å². The van der Waals surface area contributed by atoms with Gasteiger partial charge in [-0.2, -0.15) is 5.26 Å². The highest BCUT2D eigenvalue weighted by Gasteiger charge is 2.25. The number of rotatable bonds is 3. The Hall–Kier alpha value is -1.79. The maximum absolute atomic E-state index is 9.39. The van der Waals surface area contributed by atoms with Gasteiger partial charge in [-0.25, -0.2) is 0 Å². The van der Waals surface area contributed by atoms with Crippen molar-refractivity contribution in [3.05, 3.63) is 65.2 Å². The van der Waals surface area contributed by atoms with Gasteiger partial charge in [0.25, 0.3) is 0 Å². The summed E-state index contributed by atoms with van der Waals surface area (Å²) < 4.78 is 0. The summed E-state index contributed by atoms with van der Waals surface area (Å²) in [6.07, 6.45) is 1.15. The van der Waals surface area contributed by atoms with Crippen molar-refractivity contribution < 1.29 is 0 Å². The van der Waals surface area contributed by atoms with Gasteiger partial charge in [0.05, 0.1) is 11.3 Å². The van der Waals surface area contributed by atoms with E-state index in [-0.39, 0.29) is 0 Å². The van der Waals surface area contributed by atoms with Gasteiger partial charge in [0.15, 0.2) is 0 Å². The zero-order valence-electron chi connectivity index (χ0n) is 11.8. The molecule has 0 amide bonds. The van der Waals surface area contributed by atoms with Gasteiger partial charge < -0.3 is 4.90 Å². The standard InChI is InChI=1S/C18H17BrN2/c19-11-14-6-7-18(17(10-14)12-20)21-9-8-16(13-21)15-4-2-1-3-5-15/h1-7,10,16H,8-9,11,13H2. The molecular formula is C18H17BrN2. The summed E-state index contributed by atoms with van der Waals surface area (Å²) in [5.41, 5.74) is 4.39. The van der Waals surface area contributed by atoms with Crippen molar-refractivity contribution in [2.24, 2.45) is 0 Å². The highest BCUT2D eigenvalue weighted by molar-refractivity contribution is 9.08. The van der Waals surface area contributed by atoms with Gasteiger partial charge in [-0.05, 0) is 29.7 Å². The third-order valence-corrected chi connectivity index (χ3v) is 4.78. The molecule has 0 N–H and O–H groups in total. The maximum Gasteiger partial charge on any atom is 0.101 e. The van der Waals surface area contributed by atoms with E-state index >= 15 is 0 Å².